The number of esters is 1. The molecule has 0 aliphatic rings. The second-order valence-electron chi connectivity index (χ2n) is 3.29. The Hall–Kier alpha value is -1.10. The largest absolute Gasteiger partial charge is 0.465 e. The van der Waals surface area contributed by atoms with Crippen molar-refractivity contribution in [3.05, 3.63) is 28.0 Å². The molecule has 1 aromatic rings. The molecule has 0 unspecified atom stereocenters. The molecule has 3 nitrogen and oxygen atoms in total. The predicted octanol–water partition coefficient (Wildman–Crippen LogP) is 2.83. The van der Waals surface area contributed by atoms with Crippen LogP contribution < -0.4 is 4.90 Å². The van der Waals surface area contributed by atoms with Crippen molar-refractivity contribution in [2.24, 2.45) is 0 Å². The summed E-state index contributed by atoms with van der Waals surface area (Å²) in [6.07, 6.45) is 0. The average molecular weight is 290 g/mol. The summed E-state index contributed by atoms with van der Waals surface area (Å²) >= 11 is 3.20. The molecule has 0 spiro atoms. The molecule has 0 aliphatic heterocycles. The van der Waals surface area contributed by atoms with Gasteiger partial charge in [-0.05, 0) is 19.1 Å². The van der Waals surface area contributed by atoms with Crippen molar-refractivity contribution in [1.29, 1.82) is 0 Å². The Morgan fingerprint density at radius 3 is 2.69 bits per heavy atom. The summed E-state index contributed by atoms with van der Waals surface area (Å²) in [6.45, 7) is 2.58. The summed E-state index contributed by atoms with van der Waals surface area (Å²) in [5.74, 6) is -1.25. The molecule has 88 valence electrons. The minimum absolute atomic E-state index is 0.0324. The number of carbonyl (C=O) groups excluding carboxylic acids is 1. The highest BCUT2D eigenvalue weighted by molar-refractivity contribution is 9.10. The van der Waals surface area contributed by atoms with E-state index in [1.54, 1.807) is 18.0 Å². The average Bonchev–Trinajstić information content (AvgIpc) is 2.26. The summed E-state index contributed by atoms with van der Waals surface area (Å²) < 4.78 is 18.8. The molecule has 0 fully saturated rings. The number of anilines is 1. The molecule has 0 N–H and O–H groups in total. The van der Waals surface area contributed by atoms with E-state index in [1.165, 1.54) is 13.2 Å². The van der Waals surface area contributed by atoms with E-state index < -0.39 is 11.8 Å². The van der Waals surface area contributed by atoms with Crippen molar-refractivity contribution in [2.45, 2.75) is 6.92 Å². The van der Waals surface area contributed by atoms with Crippen LogP contribution in [0.2, 0.25) is 0 Å². The van der Waals surface area contributed by atoms with E-state index in [0.29, 0.717) is 16.7 Å². The fourth-order valence-corrected chi connectivity index (χ4v) is 1.75. The number of nitrogens with zero attached hydrogens (tertiary/aromatic N) is 1. The van der Waals surface area contributed by atoms with Gasteiger partial charge in [0.05, 0.1) is 12.8 Å². The Balaban J connectivity index is 3.37. The molecule has 1 aromatic carbocycles. The third-order valence-electron chi connectivity index (χ3n) is 2.31. The molecule has 5 heteroatoms. The third-order valence-corrected chi connectivity index (χ3v) is 2.77. The monoisotopic (exact) mass is 289 g/mol. The molecule has 0 atom stereocenters. The summed E-state index contributed by atoms with van der Waals surface area (Å²) in [5.41, 5.74) is 0.483. The Bertz CT molecular complexity index is 409. The van der Waals surface area contributed by atoms with Gasteiger partial charge in [0.15, 0.2) is 0 Å². The molecule has 0 bridgehead atoms. The van der Waals surface area contributed by atoms with Gasteiger partial charge in [-0.15, -0.1) is 0 Å². The first kappa shape index (κ1) is 13.0. The molecular formula is C11H13BrFNO2. The first-order chi connectivity index (χ1) is 7.51. The van der Waals surface area contributed by atoms with Gasteiger partial charge in [-0.1, -0.05) is 15.9 Å². The van der Waals surface area contributed by atoms with Gasteiger partial charge in [0, 0.05) is 18.1 Å². The standard InChI is InChI=1S/C11H13BrFNO2/c1-4-14(2)9-6-7(12)5-8(13)10(9)11(15)16-3/h5-6H,4H2,1-3H3. The first-order valence-corrected chi connectivity index (χ1v) is 5.59. The lowest BCUT2D eigenvalue weighted by molar-refractivity contribution is 0.0596. The van der Waals surface area contributed by atoms with Crippen LogP contribution in [0.15, 0.2) is 16.6 Å². The fourth-order valence-electron chi connectivity index (χ4n) is 1.34. The van der Waals surface area contributed by atoms with Crippen molar-refractivity contribution in [1.82, 2.24) is 0 Å². The van der Waals surface area contributed by atoms with Gasteiger partial charge in [-0.3, -0.25) is 0 Å². The van der Waals surface area contributed by atoms with Gasteiger partial charge in [0.1, 0.15) is 11.4 Å². The Morgan fingerprint density at radius 2 is 2.19 bits per heavy atom. The van der Waals surface area contributed by atoms with Gasteiger partial charge >= 0.3 is 5.97 Å². The highest BCUT2D eigenvalue weighted by Crippen LogP contribution is 2.27. The van der Waals surface area contributed by atoms with E-state index >= 15 is 0 Å². The zero-order chi connectivity index (χ0) is 12.3. The van der Waals surface area contributed by atoms with Crippen molar-refractivity contribution in [3.63, 3.8) is 0 Å². The molecule has 16 heavy (non-hydrogen) atoms. The molecular weight excluding hydrogens is 277 g/mol. The zero-order valence-electron chi connectivity index (χ0n) is 9.38. The van der Waals surface area contributed by atoms with Crippen LogP contribution in [0.4, 0.5) is 10.1 Å². The quantitative estimate of drug-likeness (QED) is 0.802. The van der Waals surface area contributed by atoms with E-state index in [2.05, 4.69) is 20.7 Å². The third kappa shape index (κ3) is 2.52. The number of hydrogen-bond donors (Lipinski definition) is 0. The second-order valence-corrected chi connectivity index (χ2v) is 4.20. The lowest BCUT2D eigenvalue weighted by Gasteiger charge is -2.20. The van der Waals surface area contributed by atoms with Gasteiger partial charge in [-0.2, -0.15) is 0 Å². The lowest BCUT2D eigenvalue weighted by atomic mass is 10.1. The summed E-state index contributed by atoms with van der Waals surface area (Å²) in [7, 11) is 3.02. The highest BCUT2D eigenvalue weighted by Gasteiger charge is 2.20. The Morgan fingerprint density at radius 1 is 1.56 bits per heavy atom. The van der Waals surface area contributed by atoms with Crippen LogP contribution in [0.5, 0.6) is 0 Å². The zero-order valence-corrected chi connectivity index (χ0v) is 11.0. The second kappa shape index (κ2) is 5.30. The van der Waals surface area contributed by atoms with Crippen LogP contribution in [0.3, 0.4) is 0 Å². The van der Waals surface area contributed by atoms with Gasteiger partial charge in [0.25, 0.3) is 0 Å². The van der Waals surface area contributed by atoms with E-state index in [4.69, 9.17) is 0 Å². The lowest BCUT2D eigenvalue weighted by Crippen LogP contribution is -2.20. The van der Waals surface area contributed by atoms with Crippen LogP contribution >= 0.6 is 15.9 Å². The maximum absolute atomic E-state index is 13.7. The number of ether oxygens (including phenoxy) is 1. The van der Waals surface area contributed by atoms with Crippen LogP contribution in [-0.4, -0.2) is 26.7 Å². The summed E-state index contributed by atoms with van der Waals surface area (Å²) in [4.78, 5) is 13.3. The number of methoxy groups -OCH3 is 1. The number of carbonyl (C=O) groups is 1. The molecule has 0 saturated carbocycles. The first-order valence-electron chi connectivity index (χ1n) is 4.79. The smallest absolute Gasteiger partial charge is 0.342 e. The van der Waals surface area contributed by atoms with E-state index in [0.717, 1.165) is 0 Å². The van der Waals surface area contributed by atoms with Gasteiger partial charge < -0.3 is 9.64 Å². The number of hydrogen-bond acceptors (Lipinski definition) is 3. The Kier molecular flexibility index (Phi) is 4.29. The Labute approximate surface area is 102 Å². The maximum atomic E-state index is 13.7. The van der Waals surface area contributed by atoms with E-state index in [-0.39, 0.29) is 5.56 Å². The topological polar surface area (TPSA) is 29.5 Å². The summed E-state index contributed by atoms with van der Waals surface area (Å²) in [5, 5.41) is 0. The van der Waals surface area contributed by atoms with Crippen molar-refractivity contribution in [3.8, 4) is 0 Å². The van der Waals surface area contributed by atoms with Crippen LogP contribution in [0.25, 0.3) is 0 Å². The molecule has 1 rings (SSSR count). The van der Waals surface area contributed by atoms with Crippen LogP contribution in [-0.2, 0) is 4.74 Å². The van der Waals surface area contributed by atoms with E-state index in [1.807, 2.05) is 6.92 Å². The molecule has 0 saturated heterocycles. The van der Waals surface area contributed by atoms with Crippen molar-refractivity contribution < 1.29 is 13.9 Å². The van der Waals surface area contributed by atoms with Crippen molar-refractivity contribution >= 4 is 27.6 Å². The number of rotatable bonds is 3. The SMILES string of the molecule is CCN(C)c1cc(Br)cc(F)c1C(=O)OC. The minimum Gasteiger partial charge on any atom is -0.465 e. The summed E-state index contributed by atoms with van der Waals surface area (Å²) in [6, 6.07) is 2.94. The minimum atomic E-state index is -0.666. The molecule has 0 aliphatic carbocycles. The number of benzene rings is 1. The highest BCUT2D eigenvalue weighted by atomic mass is 79.9. The van der Waals surface area contributed by atoms with Gasteiger partial charge in [-0.25, -0.2) is 9.18 Å². The number of halogens is 2. The van der Waals surface area contributed by atoms with Crippen LogP contribution in [0.1, 0.15) is 17.3 Å². The van der Waals surface area contributed by atoms with Gasteiger partial charge in [0.2, 0.25) is 0 Å². The normalized spacial score (nSPS) is 10.1. The van der Waals surface area contributed by atoms with Crippen LogP contribution in [0, 0.1) is 5.82 Å². The molecule has 0 radical (unpaired) electrons. The fraction of sp³-hybridized carbons (Fsp3) is 0.364. The molecule has 0 aromatic heterocycles. The van der Waals surface area contributed by atoms with E-state index in [9.17, 15) is 9.18 Å². The molecule has 0 heterocycles. The maximum Gasteiger partial charge on any atom is 0.342 e. The van der Waals surface area contributed by atoms with Crippen molar-refractivity contribution in [2.75, 3.05) is 25.6 Å². The molecule has 0 amide bonds. The predicted molar refractivity (Wildman–Crippen MR) is 64.4 cm³/mol.